The van der Waals surface area contributed by atoms with Crippen molar-refractivity contribution in [2.45, 2.75) is 17.8 Å². The Morgan fingerprint density at radius 2 is 1.68 bits per heavy atom. The predicted octanol–water partition coefficient (Wildman–Crippen LogP) is 4.56. The highest BCUT2D eigenvalue weighted by Gasteiger charge is 2.38. The minimum absolute atomic E-state index is 0.523. The summed E-state index contributed by atoms with van der Waals surface area (Å²) in [4.78, 5) is 0. The normalized spacial score (nSPS) is 18.5. The van der Waals surface area contributed by atoms with E-state index in [-0.39, 0.29) is 0 Å². The molecule has 0 spiro atoms. The Labute approximate surface area is 156 Å². The molecule has 0 amide bonds. The summed E-state index contributed by atoms with van der Waals surface area (Å²) in [6.45, 7) is 0. The van der Waals surface area contributed by atoms with E-state index in [1.54, 1.807) is 14.2 Å². The monoisotopic (exact) mass is 400 g/mol. The first kappa shape index (κ1) is 18.1. The van der Waals surface area contributed by atoms with Gasteiger partial charge in [-0.15, -0.1) is 0 Å². The van der Waals surface area contributed by atoms with Gasteiger partial charge in [0.05, 0.1) is 0 Å². The van der Waals surface area contributed by atoms with E-state index >= 15 is 0 Å². The van der Waals surface area contributed by atoms with Gasteiger partial charge in [0.15, 0.2) is 5.79 Å². The molecule has 0 heterocycles. The Kier molecular flexibility index (Phi) is 5.25. The molecule has 4 heteroatoms. The minimum atomic E-state index is -1.25. The molecule has 2 aromatic carbocycles. The fraction of sp³-hybridized carbons (Fsp3) is 0.238. The van der Waals surface area contributed by atoms with Crippen molar-refractivity contribution >= 4 is 15.9 Å². The zero-order valence-corrected chi connectivity index (χ0v) is 15.9. The topological polar surface area (TPSA) is 38.7 Å². The zero-order valence-electron chi connectivity index (χ0n) is 14.3. The number of ether oxygens (including phenoxy) is 2. The molecule has 1 atom stereocenters. The Bertz CT molecular complexity index is 794. The molecule has 1 N–H and O–H groups in total. The van der Waals surface area contributed by atoms with Crippen LogP contribution in [-0.2, 0) is 15.1 Å². The molecule has 0 aromatic heterocycles. The predicted molar refractivity (Wildman–Crippen MR) is 102 cm³/mol. The molecule has 1 aliphatic carbocycles. The molecule has 0 unspecified atom stereocenters. The first-order chi connectivity index (χ1) is 12.0. The molecular weight excluding hydrogens is 380 g/mol. The van der Waals surface area contributed by atoms with E-state index in [2.05, 4.69) is 15.9 Å². The standard InChI is InChI=1S/C21H21BrO3/c1-24-20(25-2)13-11-17(12-14-20)21(23,16-7-4-3-5-8-16)18-9-6-10-19(22)15-18/h3-13,15,23H,14H2,1-2H3/t21-/m1/s1. The summed E-state index contributed by atoms with van der Waals surface area (Å²) in [6.07, 6.45) is 6.23. The average Bonchev–Trinajstić information content (AvgIpc) is 2.68. The molecule has 130 valence electrons. The Hall–Kier alpha value is -1.72. The maximum absolute atomic E-state index is 11.8. The highest BCUT2D eigenvalue weighted by atomic mass is 79.9. The highest BCUT2D eigenvalue weighted by Crippen LogP contribution is 2.41. The number of rotatable bonds is 5. The van der Waals surface area contributed by atoms with Crippen LogP contribution in [0.4, 0.5) is 0 Å². The lowest BCUT2D eigenvalue weighted by Gasteiger charge is -2.35. The molecule has 25 heavy (non-hydrogen) atoms. The fourth-order valence-electron chi connectivity index (χ4n) is 3.15. The number of hydrogen-bond donors (Lipinski definition) is 1. The number of methoxy groups -OCH3 is 2. The lowest BCUT2D eigenvalue weighted by molar-refractivity contribution is -0.168. The largest absolute Gasteiger partial charge is 0.376 e. The summed E-state index contributed by atoms with van der Waals surface area (Å²) < 4.78 is 11.9. The van der Waals surface area contributed by atoms with Crippen LogP contribution < -0.4 is 0 Å². The number of aliphatic hydroxyl groups is 1. The lowest BCUT2D eigenvalue weighted by atomic mass is 9.77. The van der Waals surface area contributed by atoms with Crippen molar-refractivity contribution in [1.29, 1.82) is 0 Å². The van der Waals surface area contributed by atoms with Crippen LogP contribution in [0.2, 0.25) is 0 Å². The van der Waals surface area contributed by atoms with Gasteiger partial charge in [0.1, 0.15) is 5.60 Å². The molecule has 3 nitrogen and oxygen atoms in total. The third-order valence-electron chi connectivity index (χ3n) is 4.67. The third-order valence-corrected chi connectivity index (χ3v) is 5.16. The van der Waals surface area contributed by atoms with Gasteiger partial charge in [0.2, 0.25) is 0 Å². The second-order valence-electron chi connectivity index (χ2n) is 6.00. The number of halogens is 1. The van der Waals surface area contributed by atoms with E-state index < -0.39 is 11.4 Å². The minimum Gasteiger partial charge on any atom is -0.376 e. The number of benzene rings is 2. The van der Waals surface area contributed by atoms with Crippen LogP contribution in [0.25, 0.3) is 0 Å². The second-order valence-corrected chi connectivity index (χ2v) is 6.92. The van der Waals surface area contributed by atoms with E-state index in [1.807, 2.05) is 72.8 Å². The third kappa shape index (κ3) is 3.35. The van der Waals surface area contributed by atoms with E-state index in [0.717, 1.165) is 21.2 Å². The van der Waals surface area contributed by atoms with Crippen molar-refractivity contribution in [3.8, 4) is 0 Å². The van der Waals surface area contributed by atoms with Crippen molar-refractivity contribution in [3.63, 3.8) is 0 Å². The van der Waals surface area contributed by atoms with Gasteiger partial charge in [-0.1, -0.05) is 70.5 Å². The summed E-state index contributed by atoms with van der Waals surface area (Å²) in [5, 5.41) is 11.8. The second kappa shape index (κ2) is 7.26. The molecule has 2 aromatic rings. The molecule has 0 aliphatic heterocycles. The van der Waals surface area contributed by atoms with Crippen LogP contribution in [0.5, 0.6) is 0 Å². The Morgan fingerprint density at radius 3 is 2.24 bits per heavy atom. The number of hydrogen-bond acceptors (Lipinski definition) is 3. The van der Waals surface area contributed by atoms with Gasteiger partial charge in [-0.25, -0.2) is 0 Å². The maximum atomic E-state index is 11.8. The Balaban J connectivity index is 2.11. The quantitative estimate of drug-likeness (QED) is 0.747. The van der Waals surface area contributed by atoms with Crippen LogP contribution in [0.1, 0.15) is 17.5 Å². The fourth-order valence-corrected chi connectivity index (χ4v) is 3.55. The van der Waals surface area contributed by atoms with Crippen LogP contribution >= 0.6 is 15.9 Å². The average molecular weight is 401 g/mol. The van der Waals surface area contributed by atoms with Gasteiger partial charge in [0, 0.05) is 25.1 Å². The smallest absolute Gasteiger partial charge is 0.190 e. The molecule has 0 bridgehead atoms. The summed E-state index contributed by atoms with van der Waals surface area (Å²) in [7, 11) is 3.23. The zero-order chi connectivity index (χ0) is 17.9. The van der Waals surface area contributed by atoms with Crippen LogP contribution in [0.3, 0.4) is 0 Å². The summed E-state index contributed by atoms with van der Waals surface area (Å²) >= 11 is 3.50. The van der Waals surface area contributed by atoms with Crippen molar-refractivity contribution in [2.24, 2.45) is 0 Å². The first-order valence-electron chi connectivity index (χ1n) is 8.08. The van der Waals surface area contributed by atoms with Crippen LogP contribution in [-0.4, -0.2) is 25.1 Å². The molecule has 0 saturated carbocycles. The van der Waals surface area contributed by atoms with E-state index in [0.29, 0.717) is 6.42 Å². The first-order valence-corrected chi connectivity index (χ1v) is 8.87. The molecule has 3 rings (SSSR count). The summed E-state index contributed by atoms with van der Waals surface area (Å²) in [5.41, 5.74) is 1.15. The Morgan fingerprint density at radius 1 is 1.00 bits per heavy atom. The van der Waals surface area contributed by atoms with Crippen LogP contribution in [0, 0.1) is 0 Å². The van der Waals surface area contributed by atoms with Gasteiger partial charge < -0.3 is 14.6 Å². The van der Waals surface area contributed by atoms with Crippen molar-refractivity contribution in [1.82, 2.24) is 0 Å². The van der Waals surface area contributed by atoms with Crippen molar-refractivity contribution in [2.75, 3.05) is 14.2 Å². The summed E-state index contributed by atoms with van der Waals surface area (Å²) in [6, 6.07) is 17.4. The molecular formula is C21H21BrO3. The SMILES string of the molecule is COC1(OC)C=CC([C@](O)(c2ccccc2)c2cccc(Br)c2)=CC1. The summed E-state index contributed by atoms with van der Waals surface area (Å²) in [5.74, 6) is -0.779. The van der Waals surface area contributed by atoms with Gasteiger partial charge >= 0.3 is 0 Å². The van der Waals surface area contributed by atoms with Gasteiger partial charge in [0.25, 0.3) is 0 Å². The van der Waals surface area contributed by atoms with E-state index in [9.17, 15) is 5.11 Å². The van der Waals surface area contributed by atoms with Crippen molar-refractivity contribution in [3.05, 3.63) is 94.0 Å². The van der Waals surface area contributed by atoms with E-state index in [4.69, 9.17) is 9.47 Å². The molecule has 0 fully saturated rings. The molecule has 0 saturated heterocycles. The van der Waals surface area contributed by atoms with Gasteiger partial charge in [-0.05, 0) is 34.9 Å². The molecule has 0 radical (unpaired) electrons. The molecule has 1 aliphatic rings. The van der Waals surface area contributed by atoms with Gasteiger partial charge in [-0.3, -0.25) is 0 Å². The highest BCUT2D eigenvalue weighted by molar-refractivity contribution is 9.10. The van der Waals surface area contributed by atoms with Crippen LogP contribution in [0.15, 0.2) is 82.9 Å². The van der Waals surface area contributed by atoms with Gasteiger partial charge in [-0.2, -0.15) is 0 Å². The van der Waals surface area contributed by atoms with E-state index in [1.165, 1.54) is 0 Å². The van der Waals surface area contributed by atoms with Crippen molar-refractivity contribution < 1.29 is 14.6 Å². The maximum Gasteiger partial charge on any atom is 0.190 e. The lowest BCUT2D eigenvalue weighted by Crippen LogP contribution is -2.36.